The number of benzene rings is 2. The van der Waals surface area contributed by atoms with Crippen LogP contribution in [0.15, 0.2) is 30.3 Å². The van der Waals surface area contributed by atoms with E-state index >= 15 is 0 Å². The number of alkyl halides is 1. The summed E-state index contributed by atoms with van der Waals surface area (Å²) in [5.41, 5.74) is 0.967. The fourth-order valence-electron chi connectivity index (χ4n) is 1.87. The Hall–Kier alpha value is -1.49. The summed E-state index contributed by atoms with van der Waals surface area (Å²) in [6.45, 7) is 1.49. The van der Waals surface area contributed by atoms with E-state index in [4.69, 9.17) is 4.74 Å². The topological polar surface area (TPSA) is 9.23 Å². The predicted molar refractivity (Wildman–Crippen MR) is 74.8 cm³/mol. The lowest BCUT2D eigenvalue weighted by Gasteiger charge is -2.14. The number of hydrogen-bond donors (Lipinski definition) is 0. The van der Waals surface area contributed by atoms with Gasteiger partial charge in [0.15, 0.2) is 11.6 Å². The van der Waals surface area contributed by atoms with Gasteiger partial charge in [0.05, 0.1) is 11.9 Å². The molecule has 0 amide bonds. The van der Waals surface area contributed by atoms with Gasteiger partial charge in [0, 0.05) is 5.56 Å². The number of ether oxygens (including phenoxy) is 1. The lowest BCUT2D eigenvalue weighted by molar-refractivity contribution is 0.386. The van der Waals surface area contributed by atoms with Gasteiger partial charge in [-0.05, 0) is 42.3 Å². The lowest BCUT2D eigenvalue weighted by Crippen LogP contribution is -2.00. The normalized spacial score (nSPS) is 12.3. The Morgan fingerprint density at radius 1 is 1.00 bits per heavy atom. The van der Waals surface area contributed by atoms with Crippen LogP contribution in [-0.4, -0.2) is 7.11 Å². The Kier molecular flexibility index (Phi) is 4.38. The average Bonchev–Trinajstić information content (AvgIpc) is 2.42. The Balaban J connectivity index is 2.46. The summed E-state index contributed by atoms with van der Waals surface area (Å²) in [5, 5.41) is 0. The van der Waals surface area contributed by atoms with E-state index in [1.54, 1.807) is 0 Å². The molecule has 0 spiro atoms. The van der Waals surface area contributed by atoms with Crippen molar-refractivity contribution in [2.24, 2.45) is 0 Å². The van der Waals surface area contributed by atoms with Crippen molar-refractivity contribution in [1.82, 2.24) is 0 Å². The average molecular weight is 345 g/mol. The third-order valence-corrected chi connectivity index (χ3v) is 4.04. The van der Waals surface area contributed by atoms with Crippen LogP contribution in [0.3, 0.4) is 0 Å². The fourth-order valence-corrected chi connectivity index (χ4v) is 2.51. The van der Waals surface area contributed by atoms with Crippen LogP contribution in [0, 0.1) is 24.4 Å². The molecule has 0 N–H and O–H groups in total. The van der Waals surface area contributed by atoms with Crippen molar-refractivity contribution in [1.29, 1.82) is 0 Å². The van der Waals surface area contributed by atoms with Crippen LogP contribution in [0.2, 0.25) is 0 Å². The molecular formula is C15H12BrF3O. The Labute approximate surface area is 123 Å². The molecule has 1 nitrogen and oxygen atoms in total. The van der Waals surface area contributed by atoms with Gasteiger partial charge in [0.2, 0.25) is 0 Å². The van der Waals surface area contributed by atoms with Gasteiger partial charge in [-0.25, -0.2) is 13.2 Å². The lowest BCUT2D eigenvalue weighted by atomic mass is 10.0. The molecule has 0 fully saturated rings. The van der Waals surface area contributed by atoms with Gasteiger partial charge >= 0.3 is 0 Å². The van der Waals surface area contributed by atoms with Gasteiger partial charge in [0.25, 0.3) is 0 Å². The molecule has 0 aromatic heterocycles. The van der Waals surface area contributed by atoms with E-state index in [-0.39, 0.29) is 16.9 Å². The van der Waals surface area contributed by atoms with Gasteiger partial charge < -0.3 is 4.74 Å². The summed E-state index contributed by atoms with van der Waals surface area (Å²) in [6.07, 6.45) is 0. The molecule has 0 radical (unpaired) electrons. The fraction of sp³-hybridized carbons (Fsp3) is 0.200. The van der Waals surface area contributed by atoms with Gasteiger partial charge in [-0.1, -0.05) is 22.0 Å². The van der Waals surface area contributed by atoms with Gasteiger partial charge in [-0.15, -0.1) is 0 Å². The highest BCUT2D eigenvalue weighted by Gasteiger charge is 2.18. The number of aryl methyl sites for hydroxylation is 1. The minimum absolute atomic E-state index is 0.0555. The number of hydrogen-bond acceptors (Lipinski definition) is 1. The summed E-state index contributed by atoms with van der Waals surface area (Å²) in [6, 6.07) is 6.45. The zero-order chi connectivity index (χ0) is 14.9. The molecule has 20 heavy (non-hydrogen) atoms. The van der Waals surface area contributed by atoms with Crippen molar-refractivity contribution in [3.05, 3.63) is 64.5 Å². The largest absolute Gasteiger partial charge is 0.494 e. The second-order valence-electron chi connectivity index (χ2n) is 4.38. The van der Waals surface area contributed by atoms with E-state index in [1.165, 1.54) is 32.2 Å². The standard InChI is InChI=1S/C15H12BrF3O/c1-8-5-13(19)10(7-12(8)18)15(16)9-3-4-11(17)14(6-9)20-2/h3-7,15H,1-2H3. The molecule has 0 saturated heterocycles. The van der Waals surface area contributed by atoms with Crippen molar-refractivity contribution in [2.75, 3.05) is 7.11 Å². The molecule has 0 aliphatic carbocycles. The highest BCUT2D eigenvalue weighted by Crippen LogP contribution is 2.35. The zero-order valence-electron chi connectivity index (χ0n) is 10.9. The Morgan fingerprint density at radius 2 is 1.70 bits per heavy atom. The maximum atomic E-state index is 13.9. The van der Waals surface area contributed by atoms with E-state index in [9.17, 15) is 13.2 Å². The number of methoxy groups -OCH3 is 1. The number of halogens is 4. The van der Waals surface area contributed by atoms with E-state index in [0.29, 0.717) is 5.56 Å². The minimum atomic E-state index is -0.591. The van der Waals surface area contributed by atoms with Crippen molar-refractivity contribution >= 4 is 15.9 Å². The molecule has 5 heteroatoms. The SMILES string of the molecule is COc1cc(C(Br)c2cc(F)c(C)cc2F)ccc1F. The van der Waals surface area contributed by atoms with Crippen molar-refractivity contribution in [2.45, 2.75) is 11.8 Å². The second-order valence-corrected chi connectivity index (χ2v) is 5.30. The summed E-state index contributed by atoms with van der Waals surface area (Å²) >= 11 is 3.31. The molecule has 2 rings (SSSR count). The highest BCUT2D eigenvalue weighted by molar-refractivity contribution is 9.09. The van der Waals surface area contributed by atoms with Crippen LogP contribution in [0.5, 0.6) is 5.75 Å². The van der Waals surface area contributed by atoms with Crippen LogP contribution < -0.4 is 4.74 Å². The van der Waals surface area contributed by atoms with Crippen molar-refractivity contribution < 1.29 is 17.9 Å². The summed E-state index contributed by atoms with van der Waals surface area (Å²) < 4.78 is 45.7. The number of rotatable bonds is 3. The first-order chi connectivity index (χ1) is 9.43. The van der Waals surface area contributed by atoms with Gasteiger partial charge in [0.1, 0.15) is 11.6 Å². The van der Waals surface area contributed by atoms with Gasteiger partial charge in [-0.2, -0.15) is 0 Å². The maximum absolute atomic E-state index is 13.9. The Bertz CT molecular complexity index is 643. The maximum Gasteiger partial charge on any atom is 0.165 e. The molecule has 0 heterocycles. The van der Waals surface area contributed by atoms with E-state index < -0.39 is 22.3 Å². The third-order valence-electron chi connectivity index (χ3n) is 3.02. The predicted octanol–water partition coefficient (Wildman–Crippen LogP) is 4.91. The molecule has 0 bridgehead atoms. The van der Waals surface area contributed by atoms with Crippen molar-refractivity contribution in [3.8, 4) is 5.75 Å². The molecule has 106 valence electrons. The monoisotopic (exact) mass is 344 g/mol. The van der Waals surface area contributed by atoms with Crippen LogP contribution in [0.25, 0.3) is 0 Å². The van der Waals surface area contributed by atoms with Crippen molar-refractivity contribution in [3.63, 3.8) is 0 Å². The quantitative estimate of drug-likeness (QED) is 0.719. The molecule has 0 aliphatic heterocycles. The summed E-state index contributed by atoms with van der Waals surface area (Å²) in [4.78, 5) is -0.591. The van der Waals surface area contributed by atoms with E-state index in [2.05, 4.69) is 15.9 Å². The first-order valence-electron chi connectivity index (χ1n) is 5.87. The first kappa shape index (κ1) is 14.9. The minimum Gasteiger partial charge on any atom is -0.494 e. The van der Waals surface area contributed by atoms with E-state index in [1.807, 2.05) is 0 Å². The molecule has 2 aromatic carbocycles. The van der Waals surface area contributed by atoms with E-state index in [0.717, 1.165) is 12.1 Å². The third kappa shape index (κ3) is 2.82. The smallest absolute Gasteiger partial charge is 0.165 e. The van der Waals surface area contributed by atoms with Crippen LogP contribution in [0.4, 0.5) is 13.2 Å². The molecule has 2 aromatic rings. The summed E-state index contributed by atoms with van der Waals surface area (Å²) in [5.74, 6) is -1.46. The zero-order valence-corrected chi connectivity index (χ0v) is 12.5. The Morgan fingerprint density at radius 3 is 2.35 bits per heavy atom. The molecular weight excluding hydrogens is 333 g/mol. The summed E-state index contributed by atoms with van der Waals surface area (Å²) in [7, 11) is 1.34. The first-order valence-corrected chi connectivity index (χ1v) is 6.78. The molecule has 0 saturated carbocycles. The second kappa shape index (κ2) is 5.87. The molecule has 1 unspecified atom stereocenters. The van der Waals surface area contributed by atoms with Crippen LogP contribution in [-0.2, 0) is 0 Å². The van der Waals surface area contributed by atoms with Crippen LogP contribution >= 0.6 is 15.9 Å². The van der Waals surface area contributed by atoms with Crippen LogP contribution in [0.1, 0.15) is 21.5 Å². The molecule has 0 aliphatic rings. The molecule has 1 atom stereocenters. The highest BCUT2D eigenvalue weighted by atomic mass is 79.9. The van der Waals surface area contributed by atoms with Gasteiger partial charge in [-0.3, -0.25) is 0 Å².